The summed E-state index contributed by atoms with van der Waals surface area (Å²) in [4.78, 5) is 12.1. The van der Waals surface area contributed by atoms with Crippen LogP contribution in [0, 0.1) is 6.92 Å². The highest BCUT2D eigenvalue weighted by Gasteiger charge is 2.18. The van der Waals surface area contributed by atoms with E-state index in [1.165, 1.54) is 35.9 Å². The predicted molar refractivity (Wildman–Crippen MR) is 90.7 cm³/mol. The van der Waals surface area contributed by atoms with E-state index in [4.69, 9.17) is 4.52 Å². The Bertz CT molecular complexity index is 614. The second-order valence-electron chi connectivity index (χ2n) is 4.61. The van der Waals surface area contributed by atoms with Crippen molar-refractivity contribution in [1.29, 1.82) is 0 Å². The first-order valence-corrected chi connectivity index (χ1v) is 9.63. The monoisotopic (exact) mass is 358 g/mol. The molecule has 2 aromatic heterocycles. The van der Waals surface area contributed by atoms with Gasteiger partial charge in [-0.15, -0.1) is 10.2 Å². The van der Waals surface area contributed by atoms with Gasteiger partial charge in [0, 0.05) is 11.8 Å². The minimum atomic E-state index is -0.279. The van der Waals surface area contributed by atoms with Crippen molar-refractivity contribution in [3.63, 3.8) is 0 Å². The molecule has 1 amide bonds. The highest BCUT2D eigenvalue weighted by atomic mass is 32.2. The van der Waals surface area contributed by atoms with E-state index >= 15 is 0 Å². The van der Waals surface area contributed by atoms with Crippen LogP contribution in [0.3, 0.4) is 0 Å². The van der Waals surface area contributed by atoms with E-state index in [1.807, 2.05) is 6.92 Å². The molecule has 0 fully saturated rings. The number of hydrogen-bond acceptors (Lipinski definition) is 8. The third-order valence-electron chi connectivity index (χ3n) is 2.64. The van der Waals surface area contributed by atoms with Gasteiger partial charge in [0.1, 0.15) is 5.76 Å². The van der Waals surface area contributed by atoms with Crippen molar-refractivity contribution in [2.24, 2.45) is 0 Å². The van der Waals surface area contributed by atoms with E-state index in [1.54, 1.807) is 24.8 Å². The maximum atomic E-state index is 12.1. The van der Waals surface area contributed by atoms with Gasteiger partial charge in [0.15, 0.2) is 14.5 Å². The lowest BCUT2D eigenvalue weighted by atomic mass is 10.4. The van der Waals surface area contributed by atoms with Crippen LogP contribution in [0.2, 0.25) is 0 Å². The summed E-state index contributed by atoms with van der Waals surface area (Å²) < 4.78 is 6.68. The summed E-state index contributed by atoms with van der Waals surface area (Å²) in [7, 11) is 0. The SMILES string of the molecule is CCCCSc1nnc(SC(C)C(=O)Nc2cc(C)on2)s1. The van der Waals surface area contributed by atoms with Crippen molar-refractivity contribution in [3.05, 3.63) is 11.8 Å². The van der Waals surface area contributed by atoms with Gasteiger partial charge in [-0.25, -0.2) is 0 Å². The van der Waals surface area contributed by atoms with Crippen LogP contribution in [0.5, 0.6) is 0 Å². The van der Waals surface area contributed by atoms with Crippen LogP contribution in [0.4, 0.5) is 5.82 Å². The zero-order valence-electron chi connectivity index (χ0n) is 12.7. The van der Waals surface area contributed by atoms with Gasteiger partial charge in [-0.1, -0.05) is 53.4 Å². The summed E-state index contributed by atoms with van der Waals surface area (Å²) in [5, 5.41) is 14.4. The number of nitrogens with one attached hydrogen (secondary N) is 1. The summed E-state index contributed by atoms with van der Waals surface area (Å²) >= 11 is 4.64. The zero-order valence-corrected chi connectivity index (χ0v) is 15.1. The molecule has 2 heterocycles. The fourth-order valence-corrected chi connectivity index (χ4v) is 4.78. The molecule has 1 atom stereocenters. The van der Waals surface area contributed by atoms with Gasteiger partial charge in [-0.2, -0.15) is 0 Å². The summed E-state index contributed by atoms with van der Waals surface area (Å²) in [6, 6.07) is 1.68. The normalized spacial score (nSPS) is 12.3. The van der Waals surface area contributed by atoms with Gasteiger partial charge >= 0.3 is 0 Å². The number of hydrogen-bond donors (Lipinski definition) is 1. The Kier molecular flexibility index (Phi) is 6.71. The molecule has 9 heteroatoms. The molecule has 0 aliphatic carbocycles. The van der Waals surface area contributed by atoms with Crippen molar-refractivity contribution in [3.8, 4) is 0 Å². The first-order chi connectivity index (χ1) is 10.6. The first kappa shape index (κ1) is 17.3. The Morgan fingerprint density at radius 1 is 1.45 bits per heavy atom. The quantitative estimate of drug-likeness (QED) is 0.567. The van der Waals surface area contributed by atoms with Crippen LogP contribution in [-0.2, 0) is 4.79 Å². The highest BCUT2D eigenvalue weighted by Crippen LogP contribution is 2.31. The molecular formula is C13H18N4O2S3. The number of amides is 1. The number of thioether (sulfide) groups is 2. The van der Waals surface area contributed by atoms with Crippen molar-refractivity contribution in [2.45, 2.75) is 47.5 Å². The number of unbranched alkanes of at least 4 members (excludes halogenated alkanes) is 1. The van der Waals surface area contributed by atoms with E-state index in [2.05, 4.69) is 27.6 Å². The van der Waals surface area contributed by atoms with E-state index in [9.17, 15) is 4.79 Å². The van der Waals surface area contributed by atoms with Gasteiger partial charge in [0.25, 0.3) is 0 Å². The smallest absolute Gasteiger partial charge is 0.238 e. The van der Waals surface area contributed by atoms with E-state index < -0.39 is 0 Å². The van der Waals surface area contributed by atoms with Gasteiger partial charge in [-0.05, 0) is 20.3 Å². The molecule has 2 aromatic rings. The Morgan fingerprint density at radius 2 is 2.23 bits per heavy atom. The Morgan fingerprint density at radius 3 is 2.91 bits per heavy atom. The molecule has 0 radical (unpaired) electrons. The second kappa shape index (κ2) is 8.54. The molecule has 0 bridgehead atoms. The maximum Gasteiger partial charge on any atom is 0.238 e. The minimum absolute atomic E-state index is 0.131. The van der Waals surface area contributed by atoms with E-state index in [0.29, 0.717) is 11.6 Å². The third-order valence-corrected chi connectivity index (χ3v) is 5.96. The fraction of sp³-hybridized carbons (Fsp3) is 0.538. The molecule has 22 heavy (non-hydrogen) atoms. The van der Waals surface area contributed by atoms with Crippen molar-refractivity contribution < 1.29 is 9.32 Å². The van der Waals surface area contributed by atoms with Crippen molar-refractivity contribution in [1.82, 2.24) is 15.4 Å². The van der Waals surface area contributed by atoms with Crippen LogP contribution < -0.4 is 5.32 Å². The number of aromatic nitrogens is 3. The molecule has 0 spiro atoms. The summed E-state index contributed by atoms with van der Waals surface area (Å²) in [5.41, 5.74) is 0. The Balaban J connectivity index is 1.83. The van der Waals surface area contributed by atoms with Gasteiger partial charge in [-0.3, -0.25) is 4.79 Å². The summed E-state index contributed by atoms with van der Waals surface area (Å²) in [6.07, 6.45) is 2.34. The Hall–Kier alpha value is -1.06. The van der Waals surface area contributed by atoms with Crippen LogP contribution in [-0.4, -0.2) is 32.3 Å². The zero-order chi connectivity index (χ0) is 15.9. The third kappa shape index (κ3) is 5.29. The standard InChI is InChI=1S/C13H18N4O2S3/c1-4-5-6-20-12-15-16-13(22-12)21-9(3)11(18)14-10-7-8(2)19-17-10/h7,9H,4-6H2,1-3H3,(H,14,17,18). The predicted octanol–water partition coefficient (Wildman–Crippen LogP) is 3.85. The lowest BCUT2D eigenvalue weighted by Crippen LogP contribution is -2.22. The fourth-order valence-electron chi connectivity index (χ4n) is 1.46. The first-order valence-electron chi connectivity index (χ1n) is 6.95. The minimum Gasteiger partial charge on any atom is -0.360 e. The number of nitrogens with zero attached hydrogens (tertiary/aromatic N) is 3. The molecule has 0 aromatic carbocycles. The van der Waals surface area contributed by atoms with Gasteiger partial charge in [0.2, 0.25) is 5.91 Å². The summed E-state index contributed by atoms with van der Waals surface area (Å²) in [5.74, 6) is 2.02. The van der Waals surface area contributed by atoms with Gasteiger partial charge < -0.3 is 9.84 Å². The molecule has 0 aliphatic heterocycles. The summed E-state index contributed by atoms with van der Waals surface area (Å²) in [6.45, 7) is 5.77. The molecule has 1 N–H and O–H groups in total. The van der Waals surface area contributed by atoms with E-state index in [0.717, 1.165) is 14.4 Å². The van der Waals surface area contributed by atoms with E-state index in [-0.39, 0.29) is 11.2 Å². The molecular weight excluding hydrogens is 340 g/mol. The van der Waals surface area contributed by atoms with Crippen molar-refractivity contribution in [2.75, 3.05) is 11.1 Å². The molecule has 0 saturated carbocycles. The van der Waals surface area contributed by atoms with Crippen molar-refractivity contribution >= 4 is 46.6 Å². The number of carbonyl (C=O) groups excluding carboxylic acids is 1. The Labute approximate surface area is 141 Å². The lowest BCUT2D eigenvalue weighted by Gasteiger charge is -2.07. The molecule has 120 valence electrons. The highest BCUT2D eigenvalue weighted by molar-refractivity contribution is 8.03. The molecule has 1 unspecified atom stereocenters. The molecule has 0 saturated heterocycles. The van der Waals surface area contributed by atoms with Crippen LogP contribution in [0.1, 0.15) is 32.4 Å². The topological polar surface area (TPSA) is 80.9 Å². The van der Waals surface area contributed by atoms with Crippen LogP contribution in [0.25, 0.3) is 0 Å². The average Bonchev–Trinajstić information content (AvgIpc) is 3.08. The average molecular weight is 359 g/mol. The number of aryl methyl sites for hydroxylation is 1. The number of rotatable bonds is 8. The number of anilines is 1. The molecule has 6 nitrogen and oxygen atoms in total. The van der Waals surface area contributed by atoms with Gasteiger partial charge in [0.05, 0.1) is 5.25 Å². The van der Waals surface area contributed by atoms with Crippen LogP contribution >= 0.6 is 34.9 Å². The van der Waals surface area contributed by atoms with Crippen LogP contribution in [0.15, 0.2) is 19.3 Å². The number of carbonyl (C=O) groups is 1. The lowest BCUT2D eigenvalue weighted by molar-refractivity contribution is -0.115. The second-order valence-corrected chi connectivity index (χ2v) is 8.52. The largest absolute Gasteiger partial charge is 0.360 e. The maximum absolute atomic E-state index is 12.1. The molecule has 0 aliphatic rings. The molecule has 2 rings (SSSR count).